The molecule has 0 N–H and O–H groups in total. The van der Waals surface area contributed by atoms with Gasteiger partial charge in [0.1, 0.15) is 6.54 Å². The van der Waals surface area contributed by atoms with E-state index >= 15 is 0 Å². The van der Waals surface area contributed by atoms with Gasteiger partial charge in [-0.2, -0.15) is 8.78 Å². The molecule has 4 rings (SSSR count). The zero-order valence-corrected chi connectivity index (χ0v) is 18.0. The topological polar surface area (TPSA) is 50.6 Å². The largest absolute Gasteiger partial charge is 0.378 e. The van der Waals surface area contributed by atoms with Crippen molar-refractivity contribution in [1.82, 2.24) is 14.5 Å². The van der Waals surface area contributed by atoms with Crippen molar-refractivity contribution in [3.8, 4) is 0 Å². The quantitative estimate of drug-likeness (QED) is 0.516. The van der Waals surface area contributed by atoms with Crippen molar-refractivity contribution in [2.75, 3.05) is 38.3 Å². The summed E-state index contributed by atoms with van der Waals surface area (Å²) in [6.07, 6.45) is 0. The lowest BCUT2D eigenvalue weighted by Gasteiger charge is -2.29. The van der Waals surface area contributed by atoms with Crippen molar-refractivity contribution in [3.05, 3.63) is 54.1 Å². The molecule has 3 aromatic rings. The van der Waals surface area contributed by atoms with E-state index in [2.05, 4.69) is 22.0 Å². The molecule has 1 aromatic heterocycles. The minimum atomic E-state index is -2.60. The molecule has 31 heavy (non-hydrogen) atoms. The van der Waals surface area contributed by atoms with Crippen LogP contribution < -0.4 is 4.90 Å². The second-order valence-electron chi connectivity index (χ2n) is 7.36. The number of aromatic nitrogens is 2. The fourth-order valence-electron chi connectivity index (χ4n) is 3.63. The number of benzene rings is 2. The van der Waals surface area contributed by atoms with Gasteiger partial charge in [0.15, 0.2) is 5.16 Å². The maximum absolute atomic E-state index is 13.0. The molecule has 0 unspecified atom stereocenters. The first-order valence-electron chi connectivity index (χ1n) is 10.1. The van der Waals surface area contributed by atoms with Gasteiger partial charge in [0, 0.05) is 32.4 Å². The fourth-order valence-corrected chi connectivity index (χ4v) is 4.23. The van der Waals surface area contributed by atoms with E-state index in [1.165, 1.54) is 0 Å². The number of nitrogens with zero attached hydrogens (tertiary/aromatic N) is 4. The van der Waals surface area contributed by atoms with Crippen LogP contribution in [0.5, 0.6) is 0 Å². The molecule has 1 aliphatic heterocycles. The summed E-state index contributed by atoms with van der Waals surface area (Å²) in [4.78, 5) is 21.0. The van der Waals surface area contributed by atoms with Gasteiger partial charge >= 0.3 is 0 Å². The predicted molar refractivity (Wildman–Crippen MR) is 118 cm³/mol. The molecule has 1 aliphatic rings. The smallest absolute Gasteiger partial charge is 0.291 e. The number of carbonyl (C=O) groups is 1. The number of amides is 1. The van der Waals surface area contributed by atoms with Gasteiger partial charge < -0.3 is 19.1 Å². The summed E-state index contributed by atoms with van der Waals surface area (Å²) >= 11 is 0.358. The number of para-hydroxylation sites is 2. The number of anilines is 1. The molecule has 0 bridgehead atoms. The van der Waals surface area contributed by atoms with Crippen LogP contribution in [0, 0.1) is 0 Å². The highest BCUT2D eigenvalue weighted by Crippen LogP contribution is 2.28. The lowest BCUT2D eigenvalue weighted by molar-refractivity contribution is -0.131. The van der Waals surface area contributed by atoms with Crippen molar-refractivity contribution in [2.24, 2.45) is 0 Å². The number of hydrogen-bond acceptors (Lipinski definition) is 5. The van der Waals surface area contributed by atoms with Crippen molar-refractivity contribution in [3.63, 3.8) is 0 Å². The number of rotatable bonds is 7. The lowest BCUT2D eigenvalue weighted by Crippen LogP contribution is -2.36. The summed E-state index contributed by atoms with van der Waals surface area (Å²) in [5, 5.41) is 0.146. The Kier molecular flexibility index (Phi) is 6.72. The second-order valence-corrected chi connectivity index (χ2v) is 8.32. The van der Waals surface area contributed by atoms with Gasteiger partial charge in [-0.3, -0.25) is 4.79 Å². The molecule has 0 atom stereocenters. The van der Waals surface area contributed by atoms with Gasteiger partial charge in [0.25, 0.3) is 5.76 Å². The van der Waals surface area contributed by atoms with Gasteiger partial charge in [-0.25, -0.2) is 4.98 Å². The Labute approximate surface area is 183 Å². The highest BCUT2D eigenvalue weighted by atomic mass is 32.2. The Balaban J connectivity index is 1.44. The van der Waals surface area contributed by atoms with E-state index in [-0.39, 0.29) is 17.6 Å². The predicted octanol–water partition coefficient (Wildman–Crippen LogP) is 3.85. The number of likely N-dealkylation sites (N-methyl/N-ethyl adjacent to an activating group) is 1. The molecular formula is C22H24F2N4O2S. The van der Waals surface area contributed by atoms with Crippen LogP contribution in [0.15, 0.2) is 53.7 Å². The van der Waals surface area contributed by atoms with Crippen LogP contribution in [0.25, 0.3) is 11.0 Å². The number of morpholine rings is 1. The summed E-state index contributed by atoms with van der Waals surface area (Å²) < 4.78 is 32.9. The Morgan fingerprint density at radius 3 is 2.58 bits per heavy atom. The Bertz CT molecular complexity index is 1040. The molecule has 9 heteroatoms. The summed E-state index contributed by atoms with van der Waals surface area (Å²) in [6.45, 7) is 3.59. The maximum Gasteiger partial charge on any atom is 0.291 e. The first-order valence-corrected chi connectivity index (χ1v) is 10.9. The Morgan fingerprint density at radius 1 is 1.16 bits per heavy atom. The first kappa shape index (κ1) is 21.6. The summed E-state index contributed by atoms with van der Waals surface area (Å²) in [5.41, 5.74) is 3.41. The molecule has 1 amide bonds. The normalized spacial score (nSPS) is 14.4. The minimum Gasteiger partial charge on any atom is -0.378 e. The van der Waals surface area contributed by atoms with Crippen molar-refractivity contribution in [2.45, 2.75) is 24.0 Å². The second kappa shape index (κ2) is 9.65. The van der Waals surface area contributed by atoms with Gasteiger partial charge in [0.2, 0.25) is 5.91 Å². The number of thioether (sulfide) groups is 1. The van der Waals surface area contributed by atoms with Crippen LogP contribution in [0.3, 0.4) is 0 Å². The number of ether oxygens (including phenoxy) is 1. The molecule has 0 saturated carbocycles. The standard InChI is InChI=1S/C22H24F2N4O2S/c1-26(14-16-6-8-17(9-7-16)27-10-12-30-13-11-27)20(29)15-28-19-5-3-2-4-18(19)25-22(28)31-21(23)24/h2-9,21H,10-15H2,1H3. The highest BCUT2D eigenvalue weighted by Gasteiger charge is 2.19. The molecular weight excluding hydrogens is 422 g/mol. The lowest BCUT2D eigenvalue weighted by atomic mass is 10.1. The van der Waals surface area contributed by atoms with E-state index < -0.39 is 5.76 Å². The van der Waals surface area contributed by atoms with Crippen LogP contribution in [0.1, 0.15) is 5.56 Å². The number of halogens is 2. The van der Waals surface area contributed by atoms with E-state index in [0.29, 0.717) is 29.3 Å². The van der Waals surface area contributed by atoms with E-state index in [4.69, 9.17) is 4.74 Å². The van der Waals surface area contributed by atoms with E-state index in [0.717, 1.165) is 37.6 Å². The van der Waals surface area contributed by atoms with E-state index in [1.807, 2.05) is 18.2 Å². The van der Waals surface area contributed by atoms with Crippen molar-refractivity contribution >= 4 is 34.4 Å². The Hall–Kier alpha value is -2.65. The van der Waals surface area contributed by atoms with Crippen molar-refractivity contribution < 1.29 is 18.3 Å². The molecule has 0 radical (unpaired) electrons. The van der Waals surface area contributed by atoms with E-state index in [9.17, 15) is 13.6 Å². The zero-order valence-electron chi connectivity index (χ0n) is 17.2. The monoisotopic (exact) mass is 446 g/mol. The first-order chi connectivity index (χ1) is 15.0. The van der Waals surface area contributed by atoms with Gasteiger partial charge in [-0.1, -0.05) is 24.3 Å². The molecule has 1 fully saturated rings. The fraction of sp³-hybridized carbons (Fsp3) is 0.364. The van der Waals surface area contributed by atoms with Crippen molar-refractivity contribution in [1.29, 1.82) is 0 Å². The van der Waals surface area contributed by atoms with Crippen LogP contribution in [0.4, 0.5) is 14.5 Å². The molecule has 0 aliphatic carbocycles. The molecule has 2 heterocycles. The number of fused-ring (bicyclic) bond motifs is 1. The Morgan fingerprint density at radius 2 is 1.87 bits per heavy atom. The molecule has 1 saturated heterocycles. The molecule has 164 valence electrons. The third kappa shape index (κ3) is 5.16. The summed E-state index contributed by atoms with van der Waals surface area (Å²) in [6, 6.07) is 15.3. The number of imidazole rings is 1. The average Bonchev–Trinajstić information content (AvgIpc) is 3.11. The average molecular weight is 447 g/mol. The maximum atomic E-state index is 13.0. The third-order valence-electron chi connectivity index (χ3n) is 5.27. The molecule has 6 nitrogen and oxygen atoms in total. The van der Waals surface area contributed by atoms with Crippen LogP contribution in [0.2, 0.25) is 0 Å². The molecule has 0 spiro atoms. The zero-order chi connectivity index (χ0) is 21.8. The van der Waals surface area contributed by atoms with Crippen LogP contribution >= 0.6 is 11.8 Å². The van der Waals surface area contributed by atoms with Gasteiger partial charge in [-0.15, -0.1) is 0 Å². The molecule has 2 aromatic carbocycles. The van der Waals surface area contributed by atoms with Crippen LogP contribution in [-0.4, -0.2) is 59.5 Å². The SMILES string of the molecule is CN(Cc1ccc(N2CCOCC2)cc1)C(=O)Cn1c(SC(F)F)nc2ccccc21. The number of carbonyl (C=O) groups excluding carboxylic acids is 1. The highest BCUT2D eigenvalue weighted by molar-refractivity contribution is 7.99. The van der Waals surface area contributed by atoms with E-state index in [1.54, 1.807) is 34.7 Å². The van der Waals surface area contributed by atoms with Crippen LogP contribution in [-0.2, 0) is 22.6 Å². The summed E-state index contributed by atoms with van der Waals surface area (Å²) in [5.74, 6) is -2.77. The van der Waals surface area contributed by atoms with Gasteiger partial charge in [-0.05, 0) is 41.6 Å². The van der Waals surface area contributed by atoms with Gasteiger partial charge in [0.05, 0.1) is 24.2 Å². The number of alkyl halides is 2. The third-order valence-corrected chi connectivity index (χ3v) is 5.97. The summed E-state index contributed by atoms with van der Waals surface area (Å²) in [7, 11) is 1.72. The minimum absolute atomic E-state index is 0.0437. The number of hydrogen-bond donors (Lipinski definition) is 0.